The molecule has 4 N–H and O–H groups in total. The maximum atomic E-state index is 12.8. The number of thiol groups is 1. The lowest BCUT2D eigenvalue weighted by molar-refractivity contribution is -0.145. The molecule has 1 aliphatic heterocycles. The van der Waals surface area contributed by atoms with Crippen LogP contribution in [0.3, 0.4) is 0 Å². The van der Waals surface area contributed by atoms with Gasteiger partial charge in [0.2, 0.25) is 6.41 Å². The van der Waals surface area contributed by atoms with Crippen molar-refractivity contribution < 1.29 is 41.4 Å². The number of carboxylic acid groups (broad SMARTS) is 1. The average Bonchev–Trinajstić information content (AvgIpc) is 3.39. The van der Waals surface area contributed by atoms with Crippen molar-refractivity contribution in [2.45, 2.75) is 65.2 Å². The summed E-state index contributed by atoms with van der Waals surface area (Å²) in [6.45, 7) is 9.29. The number of hydrogen-bond donors (Lipinski definition) is 5. The first-order chi connectivity index (χ1) is 23.8. The van der Waals surface area contributed by atoms with E-state index in [1.807, 2.05) is 19.2 Å². The second-order valence-electron chi connectivity index (χ2n) is 11.5. The van der Waals surface area contributed by atoms with Gasteiger partial charge in [-0.25, -0.2) is 4.39 Å². The van der Waals surface area contributed by atoms with Crippen molar-refractivity contribution in [3.05, 3.63) is 71.5 Å². The largest absolute Gasteiger partial charge is 0.492 e. The van der Waals surface area contributed by atoms with Gasteiger partial charge in [0.05, 0.1) is 41.9 Å². The van der Waals surface area contributed by atoms with Crippen LogP contribution >= 0.6 is 12.8 Å². The fourth-order valence-electron chi connectivity index (χ4n) is 6.07. The first kappa shape index (κ1) is 42.1. The number of ether oxygens (including phenoxy) is 1. The number of benzene rings is 3. The number of anilines is 3. The third kappa shape index (κ3) is 10.7. The minimum absolute atomic E-state index is 0.00633. The Labute approximate surface area is 296 Å². The fraction of sp³-hybridized carbons (Fsp3) is 0.444. The molecule has 1 heterocycles. The van der Waals surface area contributed by atoms with E-state index < -0.39 is 23.5 Å². The van der Waals surface area contributed by atoms with Crippen molar-refractivity contribution in [2.75, 3.05) is 42.9 Å². The molecule has 50 heavy (non-hydrogen) atoms. The van der Waals surface area contributed by atoms with Gasteiger partial charge in [0.1, 0.15) is 18.2 Å². The van der Waals surface area contributed by atoms with E-state index in [0.717, 1.165) is 53.5 Å². The number of rotatable bonds is 9. The summed E-state index contributed by atoms with van der Waals surface area (Å²) in [7, 11) is 2.58. The van der Waals surface area contributed by atoms with Crippen molar-refractivity contribution in [1.82, 2.24) is 4.72 Å². The molecule has 1 aliphatic carbocycles. The van der Waals surface area contributed by atoms with Crippen LogP contribution in [0.25, 0.3) is 11.1 Å². The summed E-state index contributed by atoms with van der Waals surface area (Å²) in [5.74, 6) is -1.21. The van der Waals surface area contributed by atoms with Gasteiger partial charge in [-0.3, -0.25) is 18.7 Å². The minimum atomic E-state index is -4.58. The van der Waals surface area contributed by atoms with Gasteiger partial charge in [-0.05, 0) is 79.1 Å². The van der Waals surface area contributed by atoms with E-state index in [1.54, 1.807) is 0 Å². The molecule has 8 nitrogen and oxygen atoms in total. The lowest BCUT2D eigenvalue weighted by Gasteiger charge is -2.34. The normalized spacial score (nSPS) is 19.2. The summed E-state index contributed by atoms with van der Waals surface area (Å²) in [6, 6.07) is 14.5. The van der Waals surface area contributed by atoms with Crippen LogP contribution in [0.5, 0.6) is 5.75 Å². The van der Waals surface area contributed by atoms with E-state index in [9.17, 15) is 36.6 Å². The highest BCUT2D eigenvalue weighted by Crippen LogP contribution is 2.45. The van der Waals surface area contributed by atoms with E-state index >= 15 is 0 Å². The summed E-state index contributed by atoms with van der Waals surface area (Å²) in [5, 5.41) is 15.3. The number of nitrogens with one attached hydrogen (secondary N) is 3. The van der Waals surface area contributed by atoms with E-state index in [0.29, 0.717) is 32.5 Å². The molecule has 0 spiro atoms. The number of alkyl halides is 4. The molecular formula is C36H47F5N4O4S. The lowest BCUT2D eigenvalue weighted by atomic mass is 9.70. The number of aliphatic carboxylic acids is 1. The zero-order valence-corrected chi connectivity index (χ0v) is 30.0. The highest BCUT2D eigenvalue weighted by molar-refractivity contribution is 7.78. The van der Waals surface area contributed by atoms with E-state index in [-0.39, 0.29) is 36.0 Å². The van der Waals surface area contributed by atoms with Crippen molar-refractivity contribution in [2.24, 2.45) is 11.8 Å². The molecule has 0 aromatic heterocycles. The Morgan fingerprint density at radius 3 is 2.38 bits per heavy atom. The molecule has 0 saturated heterocycles. The molecule has 0 bridgehead atoms. The standard InChI is InChI=1S/C25H33N3O3S.C8H5F4NO.C2H6.CH3F/c1-15-5-4-6-20(24(15)25(29)30)18-7-9-19(23(14-18)31-12-11-26-32)17-8-10-22-21(13-17)27-16(2)28(22)3;9-6-3-5(8(10,11)12)1-2-7(6)13-4-14;2*1-2/h7-10,13-16,20,24,26-27,32H,4-6,11-12H2,1-3H3,(H,29,30);1-4H,(H,13,14);1-2H3;1H3/t15-,16?,20-,24?;;;/m0.../s1. The third-order valence-corrected chi connectivity index (χ3v) is 8.78. The van der Waals surface area contributed by atoms with Crippen LogP contribution < -0.4 is 25.0 Å². The number of amides is 1. The number of carbonyl (C=O) groups is 2. The fourth-order valence-corrected chi connectivity index (χ4v) is 6.16. The molecule has 3 aromatic carbocycles. The molecule has 2 aliphatic rings. The van der Waals surface area contributed by atoms with E-state index in [2.05, 4.69) is 85.0 Å². The first-order valence-electron chi connectivity index (χ1n) is 16.3. The maximum Gasteiger partial charge on any atom is 0.416 e. The molecule has 2 unspecified atom stereocenters. The summed E-state index contributed by atoms with van der Waals surface area (Å²) in [6.07, 6.45) is -1.23. The van der Waals surface area contributed by atoms with Crippen molar-refractivity contribution in [1.29, 1.82) is 0 Å². The summed E-state index contributed by atoms with van der Waals surface area (Å²) >= 11 is 4.06. The monoisotopic (exact) mass is 726 g/mol. The predicted octanol–water partition coefficient (Wildman–Crippen LogP) is 9.00. The molecule has 3 aromatic rings. The highest BCUT2D eigenvalue weighted by Gasteiger charge is 2.37. The zero-order valence-electron chi connectivity index (χ0n) is 29.1. The average molecular weight is 727 g/mol. The van der Waals surface area contributed by atoms with Crippen LogP contribution in [0.15, 0.2) is 54.6 Å². The van der Waals surface area contributed by atoms with E-state index in [1.165, 1.54) is 5.69 Å². The van der Waals surface area contributed by atoms with Crippen molar-refractivity contribution in [3.63, 3.8) is 0 Å². The van der Waals surface area contributed by atoms with Crippen molar-refractivity contribution in [3.8, 4) is 16.9 Å². The Kier molecular flexibility index (Phi) is 16.8. The molecule has 14 heteroatoms. The number of nitrogens with zero attached hydrogens (tertiary/aromatic N) is 1. The Hall–Kier alpha value is -4.04. The second-order valence-corrected chi connectivity index (χ2v) is 11.8. The predicted molar refractivity (Wildman–Crippen MR) is 192 cm³/mol. The van der Waals surface area contributed by atoms with Crippen molar-refractivity contribution >= 4 is 42.3 Å². The number of carboxylic acids is 1. The van der Waals surface area contributed by atoms with Gasteiger partial charge < -0.3 is 25.4 Å². The van der Waals surface area contributed by atoms with Gasteiger partial charge in [0.15, 0.2) is 0 Å². The molecule has 0 radical (unpaired) electrons. The Morgan fingerprint density at radius 1 is 1.08 bits per heavy atom. The van der Waals surface area contributed by atoms with Crippen LogP contribution in [0.2, 0.25) is 0 Å². The smallest absolute Gasteiger partial charge is 0.416 e. The first-order valence-corrected chi connectivity index (χ1v) is 16.8. The van der Waals surface area contributed by atoms with Crippen LogP contribution in [-0.2, 0) is 15.8 Å². The third-order valence-electron chi connectivity index (χ3n) is 8.56. The van der Waals surface area contributed by atoms with Gasteiger partial charge in [0.25, 0.3) is 0 Å². The van der Waals surface area contributed by atoms with Crippen LogP contribution in [-0.4, -0.2) is 51.0 Å². The molecular weight excluding hydrogens is 679 g/mol. The summed E-state index contributed by atoms with van der Waals surface area (Å²) < 4.78 is 67.4. The van der Waals surface area contributed by atoms with Gasteiger partial charge >= 0.3 is 12.1 Å². The van der Waals surface area contributed by atoms with Gasteiger partial charge in [-0.15, -0.1) is 0 Å². The molecule has 276 valence electrons. The zero-order chi connectivity index (χ0) is 37.6. The minimum Gasteiger partial charge on any atom is -0.492 e. The van der Waals surface area contributed by atoms with Crippen LogP contribution in [0, 0.1) is 17.7 Å². The highest BCUT2D eigenvalue weighted by atomic mass is 32.1. The number of carbonyl (C=O) groups excluding carboxylic acids is 1. The summed E-state index contributed by atoms with van der Waals surface area (Å²) in [5.41, 5.74) is 4.05. The SMILES string of the molecule is CC.CC1Nc2cc(-c3ccc([C@@H]4CCC[C@H](C)C4C(=O)O)cc3OCCNS)ccc2N1C.CF.O=CNc1ccc(C(F)(F)F)cc1F. The topological polar surface area (TPSA) is 103 Å². The maximum absolute atomic E-state index is 12.8. The lowest BCUT2D eigenvalue weighted by Crippen LogP contribution is -2.31. The van der Waals surface area contributed by atoms with Gasteiger partial charge in [-0.2, -0.15) is 13.2 Å². The Morgan fingerprint density at radius 2 is 1.78 bits per heavy atom. The molecule has 1 saturated carbocycles. The number of hydrogen-bond acceptors (Lipinski definition) is 7. The van der Waals surface area contributed by atoms with E-state index in [4.69, 9.17) is 4.74 Å². The van der Waals surface area contributed by atoms with Crippen LogP contribution in [0.1, 0.15) is 64.0 Å². The van der Waals surface area contributed by atoms with Crippen LogP contribution in [0.4, 0.5) is 39.0 Å². The molecule has 4 atom stereocenters. The number of halogens is 5. The molecule has 1 amide bonds. The second kappa shape index (κ2) is 20.0. The van der Waals surface area contributed by atoms with Gasteiger partial charge in [-0.1, -0.05) is 58.2 Å². The molecule has 5 rings (SSSR count). The van der Waals surface area contributed by atoms with Gasteiger partial charge in [0, 0.05) is 19.2 Å². The molecule has 1 fully saturated rings. The Balaban J connectivity index is 0.000000404. The Bertz CT molecular complexity index is 1540. The summed E-state index contributed by atoms with van der Waals surface area (Å²) in [4.78, 5) is 24.2. The quantitative estimate of drug-likeness (QED) is 0.0650. The number of fused-ring (bicyclic) bond motifs is 1.